The molecule has 1 aliphatic heterocycles. The average molecular weight is 500 g/mol. The van der Waals surface area contributed by atoms with Gasteiger partial charge in [-0.25, -0.2) is 0 Å². The molecule has 0 bridgehead atoms. The van der Waals surface area contributed by atoms with Crippen LogP contribution in [0, 0.1) is 0 Å². The largest absolute Gasteiger partial charge is 0.508 e. The molecule has 0 spiro atoms. The first kappa shape index (κ1) is 24.8. The molecular formula is C29H33N5O3. The van der Waals surface area contributed by atoms with E-state index in [1.54, 1.807) is 24.3 Å². The van der Waals surface area contributed by atoms with Gasteiger partial charge in [0.05, 0.1) is 5.56 Å². The normalized spacial score (nSPS) is 14.9. The van der Waals surface area contributed by atoms with Gasteiger partial charge in [-0.1, -0.05) is 38.1 Å². The van der Waals surface area contributed by atoms with Gasteiger partial charge in [0.2, 0.25) is 0 Å². The summed E-state index contributed by atoms with van der Waals surface area (Å²) in [5, 5.41) is 40.2. The highest BCUT2D eigenvalue weighted by atomic mass is 16.3. The lowest BCUT2D eigenvalue weighted by atomic mass is 9.98. The van der Waals surface area contributed by atoms with Gasteiger partial charge in [0.1, 0.15) is 17.2 Å². The van der Waals surface area contributed by atoms with Crippen molar-refractivity contribution in [2.45, 2.75) is 26.3 Å². The molecule has 3 N–H and O–H groups in total. The molecular weight excluding hydrogens is 466 g/mol. The van der Waals surface area contributed by atoms with E-state index >= 15 is 0 Å². The third-order valence-electron chi connectivity index (χ3n) is 6.97. The number of phenols is 3. The van der Waals surface area contributed by atoms with Crippen molar-refractivity contribution in [2.24, 2.45) is 0 Å². The maximum absolute atomic E-state index is 10.8. The van der Waals surface area contributed by atoms with E-state index in [0.29, 0.717) is 28.3 Å². The first-order valence-corrected chi connectivity index (χ1v) is 12.6. The third kappa shape index (κ3) is 5.16. The van der Waals surface area contributed by atoms with E-state index in [0.717, 1.165) is 38.4 Å². The highest BCUT2D eigenvalue weighted by Crippen LogP contribution is 2.39. The highest BCUT2D eigenvalue weighted by Gasteiger charge is 2.22. The molecule has 0 atom stereocenters. The Morgan fingerprint density at radius 1 is 0.811 bits per heavy atom. The summed E-state index contributed by atoms with van der Waals surface area (Å²) in [6.45, 7) is 9.10. The second-order valence-corrected chi connectivity index (χ2v) is 10.1. The molecule has 1 aliphatic rings. The van der Waals surface area contributed by atoms with Crippen LogP contribution in [0.15, 0.2) is 60.7 Å². The smallest absolute Gasteiger partial charge is 0.172 e. The molecule has 1 aromatic heterocycles. The third-order valence-corrected chi connectivity index (χ3v) is 6.97. The summed E-state index contributed by atoms with van der Waals surface area (Å²) < 4.78 is 1.88. The molecule has 8 nitrogen and oxygen atoms in total. The monoisotopic (exact) mass is 499 g/mol. The zero-order valence-electron chi connectivity index (χ0n) is 21.5. The Labute approximate surface area is 217 Å². The Morgan fingerprint density at radius 2 is 1.51 bits per heavy atom. The van der Waals surface area contributed by atoms with Crippen LogP contribution in [0.4, 0.5) is 0 Å². The quantitative estimate of drug-likeness (QED) is 0.357. The number of phenolic OH excluding ortho intramolecular Hbond substituents is 3. The highest BCUT2D eigenvalue weighted by molar-refractivity contribution is 5.73. The predicted octanol–water partition coefficient (Wildman–Crippen LogP) is 4.59. The summed E-state index contributed by atoms with van der Waals surface area (Å²) in [5.74, 6) is 1.13. The van der Waals surface area contributed by atoms with E-state index in [4.69, 9.17) is 0 Å². The van der Waals surface area contributed by atoms with Crippen LogP contribution < -0.4 is 0 Å². The fourth-order valence-electron chi connectivity index (χ4n) is 4.79. The number of nitrogens with zero attached hydrogens (tertiary/aromatic N) is 5. The van der Waals surface area contributed by atoms with E-state index in [2.05, 4.69) is 39.2 Å². The number of hydrogen-bond acceptors (Lipinski definition) is 7. The minimum atomic E-state index is -0.0790. The molecule has 0 amide bonds. The summed E-state index contributed by atoms with van der Waals surface area (Å²) >= 11 is 0. The molecule has 192 valence electrons. The van der Waals surface area contributed by atoms with Crippen molar-refractivity contribution >= 4 is 0 Å². The number of benzene rings is 3. The number of rotatable bonds is 6. The Morgan fingerprint density at radius 3 is 2.19 bits per heavy atom. The van der Waals surface area contributed by atoms with Gasteiger partial charge < -0.3 is 20.2 Å². The van der Waals surface area contributed by atoms with Gasteiger partial charge in [-0.3, -0.25) is 9.47 Å². The van der Waals surface area contributed by atoms with Crippen molar-refractivity contribution in [3.8, 4) is 45.7 Å². The molecule has 8 heteroatoms. The van der Waals surface area contributed by atoms with Crippen molar-refractivity contribution in [3.05, 3.63) is 71.8 Å². The van der Waals surface area contributed by atoms with E-state index in [9.17, 15) is 15.3 Å². The van der Waals surface area contributed by atoms with Crippen LogP contribution in [0.2, 0.25) is 0 Å². The lowest BCUT2D eigenvalue weighted by molar-refractivity contribution is 0.148. The molecule has 0 unspecified atom stereocenters. The van der Waals surface area contributed by atoms with Gasteiger partial charge in [-0.15, -0.1) is 10.2 Å². The fraction of sp³-hybridized carbons (Fsp3) is 0.310. The Bertz CT molecular complexity index is 1390. The number of hydrogen-bond donors (Lipinski definition) is 3. The van der Waals surface area contributed by atoms with Crippen LogP contribution in [-0.2, 0) is 6.54 Å². The average Bonchev–Trinajstić information content (AvgIpc) is 3.31. The van der Waals surface area contributed by atoms with Crippen LogP contribution in [0.3, 0.4) is 0 Å². The summed E-state index contributed by atoms with van der Waals surface area (Å²) in [6, 6.07) is 18.3. The summed E-state index contributed by atoms with van der Waals surface area (Å²) in [6.07, 6.45) is 0. The SMILES string of the molecule is CC(C)c1cc(-c2nnc(-c3cccc(O)c3)n2-c2ccc(CN3CCN(C)CC3)cc2)c(O)cc1O. The van der Waals surface area contributed by atoms with Crippen LogP contribution in [0.5, 0.6) is 17.2 Å². The van der Waals surface area contributed by atoms with Crippen molar-refractivity contribution in [1.29, 1.82) is 0 Å². The molecule has 1 fully saturated rings. The fourth-order valence-corrected chi connectivity index (χ4v) is 4.79. The van der Waals surface area contributed by atoms with Gasteiger partial charge in [-0.05, 0) is 54.4 Å². The lowest BCUT2D eigenvalue weighted by Crippen LogP contribution is -2.43. The van der Waals surface area contributed by atoms with Crippen LogP contribution >= 0.6 is 0 Å². The summed E-state index contributed by atoms with van der Waals surface area (Å²) in [5.41, 5.74) is 3.93. The molecule has 2 heterocycles. The second-order valence-electron chi connectivity index (χ2n) is 10.1. The topological polar surface area (TPSA) is 97.9 Å². The van der Waals surface area contributed by atoms with Gasteiger partial charge in [0, 0.05) is 50.0 Å². The van der Waals surface area contributed by atoms with Crippen molar-refractivity contribution in [3.63, 3.8) is 0 Å². The lowest BCUT2D eigenvalue weighted by Gasteiger charge is -2.32. The molecule has 0 aliphatic carbocycles. The zero-order valence-corrected chi connectivity index (χ0v) is 21.5. The maximum atomic E-state index is 10.8. The van der Waals surface area contributed by atoms with E-state index in [-0.39, 0.29) is 23.2 Å². The minimum Gasteiger partial charge on any atom is -0.508 e. The Balaban J connectivity index is 1.58. The van der Waals surface area contributed by atoms with Crippen LogP contribution in [0.25, 0.3) is 28.5 Å². The molecule has 4 aromatic rings. The number of likely N-dealkylation sites (N-methyl/N-ethyl adjacent to an activating group) is 1. The van der Waals surface area contributed by atoms with E-state index in [1.165, 1.54) is 11.6 Å². The van der Waals surface area contributed by atoms with Crippen molar-refractivity contribution in [1.82, 2.24) is 24.6 Å². The first-order valence-electron chi connectivity index (χ1n) is 12.6. The molecule has 0 saturated carbocycles. The van der Waals surface area contributed by atoms with E-state index in [1.807, 2.05) is 36.6 Å². The van der Waals surface area contributed by atoms with Gasteiger partial charge in [0.25, 0.3) is 0 Å². The zero-order chi connectivity index (χ0) is 26.1. The minimum absolute atomic E-state index is 0.0452. The standard InChI is InChI=1S/C29H33N5O3/c1-19(2)24-16-25(27(37)17-26(24)36)29-31-30-28(21-5-4-6-23(35)15-21)34(29)22-9-7-20(8-10-22)18-33-13-11-32(3)12-14-33/h4-10,15-17,19,35-37H,11-14,18H2,1-3H3. The van der Waals surface area contributed by atoms with E-state index < -0.39 is 0 Å². The first-order chi connectivity index (χ1) is 17.8. The second kappa shape index (κ2) is 10.2. The summed E-state index contributed by atoms with van der Waals surface area (Å²) in [4.78, 5) is 4.80. The molecule has 3 aromatic carbocycles. The van der Waals surface area contributed by atoms with Gasteiger partial charge in [0.15, 0.2) is 11.6 Å². The van der Waals surface area contributed by atoms with Crippen LogP contribution in [-0.4, -0.2) is 73.1 Å². The molecule has 0 radical (unpaired) electrons. The number of aromatic hydroxyl groups is 3. The summed E-state index contributed by atoms with van der Waals surface area (Å²) in [7, 11) is 2.16. The Kier molecular flexibility index (Phi) is 6.86. The van der Waals surface area contributed by atoms with Crippen molar-refractivity contribution in [2.75, 3.05) is 33.2 Å². The predicted molar refractivity (Wildman–Crippen MR) is 144 cm³/mol. The van der Waals surface area contributed by atoms with Crippen molar-refractivity contribution < 1.29 is 15.3 Å². The molecule has 1 saturated heterocycles. The Hall–Kier alpha value is -3.88. The van der Waals surface area contributed by atoms with Crippen LogP contribution in [0.1, 0.15) is 30.9 Å². The van der Waals surface area contributed by atoms with Gasteiger partial charge >= 0.3 is 0 Å². The number of aromatic nitrogens is 3. The molecule has 5 rings (SSSR count). The maximum Gasteiger partial charge on any atom is 0.172 e. The van der Waals surface area contributed by atoms with Gasteiger partial charge in [-0.2, -0.15) is 0 Å². The molecule has 37 heavy (non-hydrogen) atoms. The number of piperazine rings is 1.